The highest BCUT2D eigenvalue weighted by Crippen LogP contribution is 2.42. The van der Waals surface area contributed by atoms with Gasteiger partial charge in [-0.2, -0.15) is 0 Å². The number of esters is 2. The van der Waals surface area contributed by atoms with Gasteiger partial charge in [0, 0.05) is 46.3 Å². The SMILES string of the molecule is CC1=C(C2=C(C)C(=O)C(=O)C([C@@H](C)CC/C=C(\C)COC(=O)CC(C)C)=C2O)C(O)=C([C@@H](C)CC/C=C(\C)COC(=O)CC(C)C)C(=O)C1=O. The fraction of sp³-hybridized carbons (Fsp3) is 0.550. The maximum Gasteiger partial charge on any atom is 0.306 e. The van der Waals surface area contributed by atoms with Crippen LogP contribution in [0.25, 0.3) is 0 Å². The fourth-order valence-corrected chi connectivity index (χ4v) is 5.92. The lowest BCUT2D eigenvalue weighted by Crippen LogP contribution is -2.33. The molecular weight excluding hydrogens is 640 g/mol. The average molecular weight is 695 g/mol. The monoisotopic (exact) mass is 694 g/mol. The Kier molecular flexibility index (Phi) is 15.6. The van der Waals surface area contributed by atoms with E-state index in [0.717, 1.165) is 11.1 Å². The second-order valence-electron chi connectivity index (χ2n) is 14.4. The van der Waals surface area contributed by atoms with Crippen molar-refractivity contribution in [1.29, 1.82) is 0 Å². The van der Waals surface area contributed by atoms with Gasteiger partial charge in [-0.1, -0.05) is 53.7 Å². The number of Topliss-reactive ketones (excluding diaryl/α,β-unsaturated/α-hetero) is 4. The van der Waals surface area contributed by atoms with Gasteiger partial charge in [-0.15, -0.1) is 0 Å². The van der Waals surface area contributed by atoms with Crippen molar-refractivity contribution >= 4 is 35.1 Å². The highest BCUT2D eigenvalue weighted by atomic mass is 16.5. The maximum atomic E-state index is 13.3. The smallest absolute Gasteiger partial charge is 0.306 e. The summed E-state index contributed by atoms with van der Waals surface area (Å²) in [6.07, 6.45) is 6.02. The first-order valence-corrected chi connectivity index (χ1v) is 17.4. The summed E-state index contributed by atoms with van der Waals surface area (Å²) in [5.41, 5.74) is 0.811. The lowest BCUT2D eigenvalue weighted by atomic mass is 9.74. The number of hydrogen-bond donors (Lipinski definition) is 2. The molecule has 0 aromatic heterocycles. The predicted octanol–water partition coefficient (Wildman–Crippen LogP) is 7.45. The zero-order valence-electron chi connectivity index (χ0n) is 31.3. The molecular formula is C40H54O10. The van der Waals surface area contributed by atoms with Crippen molar-refractivity contribution in [2.75, 3.05) is 13.2 Å². The number of rotatable bonds is 17. The van der Waals surface area contributed by atoms with Gasteiger partial charge in [-0.3, -0.25) is 28.8 Å². The van der Waals surface area contributed by atoms with Crippen LogP contribution < -0.4 is 0 Å². The molecule has 0 aliphatic heterocycles. The molecule has 10 heteroatoms. The van der Waals surface area contributed by atoms with E-state index in [2.05, 4.69) is 0 Å². The molecule has 0 radical (unpaired) electrons. The summed E-state index contributed by atoms with van der Waals surface area (Å²) in [6, 6.07) is 0. The molecule has 0 aromatic carbocycles. The number of ketones is 4. The van der Waals surface area contributed by atoms with E-state index in [4.69, 9.17) is 9.47 Å². The first kappa shape index (κ1) is 41.8. The summed E-state index contributed by atoms with van der Waals surface area (Å²) in [5, 5.41) is 23.1. The fourth-order valence-electron chi connectivity index (χ4n) is 5.92. The van der Waals surface area contributed by atoms with Gasteiger partial charge in [0.25, 0.3) is 0 Å². The van der Waals surface area contributed by atoms with Crippen LogP contribution in [0.2, 0.25) is 0 Å². The standard InChI is InChI=1S/C40H54O10/c1-21(2)17-29(41)49-19-23(5)13-11-15-25(7)31-37(45)33(27(9)35(43)39(31)47)34-28(10)36(44)40(48)32(38(34)46)26(8)16-12-14-24(6)20-50-30(42)18-22(3)4/h13-14,21-22,25-26,45-46H,11-12,15-20H2,1-10H3/b23-13+,24-14+/t25-,26-/m0/s1. The third kappa shape index (κ3) is 10.8. The van der Waals surface area contributed by atoms with E-state index in [1.54, 1.807) is 13.8 Å². The van der Waals surface area contributed by atoms with E-state index < -0.39 is 46.5 Å². The Balaban J connectivity index is 2.34. The molecule has 0 saturated heterocycles. The maximum absolute atomic E-state index is 13.3. The van der Waals surface area contributed by atoms with E-state index in [0.29, 0.717) is 38.5 Å². The Bertz CT molecular complexity index is 1470. The van der Waals surface area contributed by atoms with E-state index in [1.807, 2.05) is 53.7 Å². The molecule has 2 aliphatic carbocycles. The topological polar surface area (TPSA) is 161 Å². The van der Waals surface area contributed by atoms with Crippen LogP contribution >= 0.6 is 0 Å². The Morgan fingerprint density at radius 2 is 0.920 bits per heavy atom. The minimum Gasteiger partial charge on any atom is -0.507 e. The molecule has 0 bridgehead atoms. The van der Waals surface area contributed by atoms with Crippen LogP contribution in [0, 0.1) is 23.7 Å². The van der Waals surface area contributed by atoms with Crippen molar-refractivity contribution in [2.45, 2.75) is 108 Å². The molecule has 274 valence electrons. The van der Waals surface area contributed by atoms with E-state index in [9.17, 15) is 39.0 Å². The van der Waals surface area contributed by atoms with Gasteiger partial charge < -0.3 is 19.7 Å². The van der Waals surface area contributed by atoms with Crippen molar-refractivity contribution in [3.05, 3.63) is 68.3 Å². The zero-order chi connectivity index (χ0) is 38.0. The number of carbonyl (C=O) groups is 6. The van der Waals surface area contributed by atoms with Gasteiger partial charge in [0.05, 0.1) is 0 Å². The van der Waals surface area contributed by atoms with Gasteiger partial charge in [0.2, 0.25) is 23.1 Å². The number of carbonyl (C=O) groups excluding carboxylic acids is 6. The summed E-state index contributed by atoms with van der Waals surface area (Å²) in [4.78, 5) is 76.7. The normalized spacial score (nSPS) is 17.8. The van der Waals surface area contributed by atoms with Crippen LogP contribution in [-0.4, -0.2) is 58.5 Å². The largest absolute Gasteiger partial charge is 0.507 e. The summed E-state index contributed by atoms with van der Waals surface area (Å²) < 4.78 is 10.6. The summed E-state index contributed by atoms with van der Waals surface area (Å²) >= 11 is 0. The Labute approximate surface area is 296 Å². The highest BCUT2D eigenvalue weighted by Gasteiger charge is 2.42. The minimum atomic E-state index is -0.870. The van der Waals surface area contributed by atoms with E-state index >= 15 is 0 Å². The number of aliphatic hydroxyl groups excluding tert-OH is 2. The van der Waals surface area contributed by atoms with Crippen LogP contribution in [0.5, 0.6) is 0 Å². The molecule has 10 nitrogen and oxygen atoms in total. The molecule has 0 heterocycles. The molecule has 0 saturated carbocycles. The van der Waals surface area contributed by atoms with Crippen molar-refractivity contribution in [3.8, 4) is 0 Å². The second-order valence-corrected chi connectivity index (χ2v) is 14.4. The molecule has 0 spiro atoms. The molecule has 0 unspecified atom stereocenters. The van der Waals surface area contributed by atoms with Crippen molar-refractivity contribution in [1.82, 2.24) is 0 Å². The number of hydrogen-bond acceptors (Lipinski definition) is 10. The molecule has 0 fully saturated rings. The quantitative estimate of drug-likeness (QED) is 0.0677. The van der Waals surface area contributed by atoms with Crippen LogP contribution in [0.15, 0.2) is 68.3 Å². The summed E-state index contributed by atoms with van der Waals surface area (Å²) in [6.45, 7) is 17.7. The van der Waals surface area contributed by atoms with Crippen LogP contribution in [-0.2, 0) is 38.2 Å². The molecule has 0 aromatic rings. The highest BCUT2D eigenvalue weighted by molar-refractivity contribution is 6.52. The molecule has 2 rings (SSSR count). The molecule has 50 heavy (non-hydrogen) atoms. The Hall–Kier alpha value is -4.34. The average Bonchev–Trinajstić information content (AvgIpc) is 3.01. The Morgan fingerprint density at radius 3 is 1.22 bits per heavy atom. The van der Waals surface area contributed by atoms with Crippen LogP contribution in [0.1, 0.15) is 108 Å². The van der Waals surface area contributed by atoms with Gasteiger partial charge in [-0.25, -0.2) is 0 Å². The number of allylic oxidation sites excluding steroid dienone is 8. The molecule has 0 amide bonds. The first-order chi connectivity index (χ1) is 23.3. The van der Waals surface area contributed by atoms with Crippen LogP contribution in [0.4, 0.5) is 0 Å². The third-order valence-corrected chi connectivity index (χ3v) is 8.81. The van der Waals surface area contributed by atoms with Crippen molar-refractivity contribution in [3.63, 3.8) is 0 Å². The minimum absolute atomic E-state index is 0.133. The van der Waals surface area contributed by atoms with Gasteiger partial charge >= 0.3 is 11.9 Å². The van der Waals surface area contributed by atoms with Gasteiger partial charge in [0.15, 0.2) is 0 Å². The molecule has 2 aliphatic rings. The Morgan fingerprint density at radius 1 is 0.600 bits per heavy atom. The predicted molar refractivity (Wildman–Crippen MR) is 190 cm³/mol. The molecule has 2 atom stereocenters. The van der Waals surface area contributed by atoms with E-state index in [1.165, 1.54) is 13.8 Å². The third-order valence-electron chi connectivity index (χ3n) is 8.81. The van der Waals surface area contributed by atoms with Gasteiger partial charge in [-0.05, 0) is 88.2 Å². The van der Waals surface area contributed by atoms with Gasteiger partial charge in [0.1, 0.15) is 24.7 Å². The number of aliphatic hydroxyl groups is 2. The lowest BCUT2D eigenvalue weighted by molar-refractivity contribution is -0.144. The summed E-state index contributed by atoms with van der Waals surface area (Å²) in [7, 11) is 0. The second kappa shape index (κ2) is 18.6. The number of ether oxygens (including phenoxy) is 2. The summed E-state index contributed by atoms with van der Waals surface area (Å²) in [5.74, 6) is -5.89. The zero-order valence-corrected chi connectivity index (χ0v) is 31.3. The van der Waals surface area contributed by atoms with Crippen molar-refractivity contribution in [2.24, 2.45) is 23.7 Å². The van der Waals surface area contributed by atoms with Crippen molar-refractivity contribution < 1.29 is 48.5 Å². The van der Waals surface area contributed by atoms with E-state index in [-0.39, 0.29) is 70.4 Å². The lowest BCUT2D eigenvalue weighted by Gasteiger charge is -2.28. The molecule has 2 N–H and O–H groups in total. The van der Waals surface area contributed by atoms with Crippen LogP contribution in [0.3, 0.4) is 0 Å². The first-order valence-electron chi connectivity index (χ1n) is 17.4.